The van der Waals surface area contributed by atoms with Crippen molar-refractivity contribution < 1.29 is 0 Å². The third-order valence-corrected chi connectivity index (χ3v) is 1.20. The minimum atomic E-state index is -0.516. The predicted molar refractivity (Wildman–Crippen MR) is 35.1 cm³/mol. The zero-order chi connectivity index (χ0) is 5.98. The van der Waals surface area contributed by atoms with E-state index in [4.69, 9.17) is 22.9 Å². The first-order chi connectivity index (χ1) is 3.80. The maximum atomic E-state index is 5.43. The third-order valence-electron chi connectivity index (χ3n) is 0.750. The normalized spacial score (nSPS) is 9.25. The first-order valence-corrected chi connectivity index (χ1v) is 2.93. The van der Waals surface area contributed by atoms with Crippen molar-refractivity contribution in [2.45, 2.75) is 0 Å². The standard InChI is InChI=1S/C3H3BCl2N2/c5-4(6)8-2-1-7-3-8/h1-3H. The van der Waals surface area contributed by atoms with Crippen molar-refractivity contribution >= 4 is 28.6 Å². The molecule has 5 heteroatoms. The third kappa shape index (κ3) is 1.17. The van der Waals surface area contributed by atoms with E-state index >= 15 is 0 Å². The maximum Gasteiger partial charge on any atom is 0.472 e. The van der Waals surface area contributed by atoms with Crippen LogP contribution in [0.2, 0.25) is 0 Å². The lowest BCUT2D eigenvalue weighted by Crippen LogP contribution is -2.06. The van der Waals surface area contributed by atoms with Crippen LogP contribution in [0.25, 0.3) is 0 Å². The molecule has 1 aromatic heterocycles. The lowest BCUT2D eigenvalue weighted by Gasteiger charge is -1.92. The number of hydrogen-bond acceptors (Lipinski definition) is 1. The van der Waals surface area contributed by atoms with Gasteiger partial charge in [0.2, 0.25) is 0 Å². The number of rotatable bonds is 1. The van der Waals surface area contributed by atoms with Crippen LogP contribution in [-0.2, 0) is 0 Å². The van der Waals surface area contributed by atoms with Gasteiger partial charge in [0.25, 0.3) is 0 Å². The van der Waals surface area contributed by atoms with Gasteiger partial charge in [0.15, 0.2) is 0 Å². The Bertz CT molecular complexity index is 150. The van der Waals surface area contributed by atoms with Crippen LogP contribution in [0.15, 0.2) is 18.7 Å². The van der Waals surface area contributed by atoms with Gasteiger partial charge in [0, 0.05) is 12.4 Å². The van der Waals surface area contributed by atoms with E-state index < -0.39 is 5.68 Å². The van der Waals surface area contributed by atoms with E-state index in [1.807, 2.05) is 0 Å². The monoisotopic (exact) mass is 148 g/mol. The fourth-order valence-corrected chi connectivity index (χ4v) is 0.616. The first-order valence-electron chi connectivity index (χ1n) is 2.06. The molecule has 0 fully saturated rings. The lowest BCUT2D eigenvalue weighted by molar-refractivity contribution is 1.20. The topological polar surface area (TPSA) is 17.8 Å². The van der Waals surface area contributed by atoms with E-state index in [1.54, 1.807) is 23.2 Å². The highest BCUT2D eigenvalue weighted by molar-refractivity contribution is 7.32. The Morgan fingerprint density at radius 2 is 2.25 bits per heavy atom. The van der Waals surface area contributed by atoms with Gasteiger partial charge >= 0.3 is 5.68 Å². The van der Waals surface area contributed by atoms with Gasteiger partial charge in [-0.15, -0.1) is 22.9 Å². The van der Waals surface area contributed by atoms with Crippen molar-refractivity contribution in [1.29, 1.82) is 0 Å². The van der Waals surface area contributed by atoms with Crippen molar-refractivity contribution in [3.05, 3.63) is 18.7 Å². The van der Waals surface area contributed by atoms with Crippen LogP contribution in [0.5, 0.6) is 0 Å². The van der Waals surface area contributed by atoms with Gasteiger partial charge in [-0.3, -0.25) is 0 Å². The maximum absolute atomic E-state index is 5.43. The number of hydrogen-bond donors (Lipinski definition) is 0. The number of halogens is 2. The Morgan fingerprint density at radius 1 is 1.50 bits per heavy atom. The highest BCUT2D eigenvalue weighted by Gasteiger charge is 2.05. The van der Waals surface area contributed by atoms with Crippen LogP contribution in [0.4, 0.5) is 0 Å². The zero-order valence-electron chi connectivity index (χ0n) is 3.96. The second-order valence-electron chi connectivity index (χ2n) is 1.29. The summed E-state index contributed by atoms with van der Waals surface area (Å²) < 4.78 is 1.59. The minimum Gasteiger partial charge on any atom is -0.353 e. The Labute approximate surface area is 57.4 Å². The fraction of sp³-hybridized carbons (Fsp3) is 0. The molecule has 1 rings (SSSR count). The minimum absolute atomic E-state index is 0.516. The molecule has 1 heterocycles. The Balaban J connectivity index is 2.77. The van der Waals surface area contributed by atoms with Crippen LogP contribution in [0, 0.1) is 0 Å². The van der Waals surface area contributed by atoms with E-state index in [9.17, 15) is 0 Å². The average molecular weight is 149 g/mol. The van der Waals surface area contributed by atoms with Gasteiger partial charge in [-0.25, -0.2) is 4.98 Å². The number of imidazole rings is 1. The Morgan fingerprint density at radius 3 is 2.50 bits per heavy atom. The van der Waals surface area contributed by atoms with Crippen molar-refractivity contribution in [1.82, 2.24) is 9.46 Å². The van der Waals surface area contributed by atoms with Gasteiger partial charge in [0.1, 0.15) is 0 Å². The molecule has 0 spiro atoms. The Kier molecular flexibility index (Phi) is 1.81. The highest BCUT2D eigenvalue weighted by atomic mass is 35.5. The summed E-state index contributed by atoms with van der Waals surface area (Å²) in [6.07, 6.45) is 4.88. The zero-order valence-corrected chi connectivity index (χ0v) is 5.47. The summed E-state index contributed by atoms with van der Waals surface area (Å²) in [5, 5.41) is 0. The van der Waals surface area contributed by atoms with E-state index in [0.717, 1.165) is 0 Å². The molecule has 0 aromatic carbocycles. The quantitative estimate of drug-likeness (QED) is 0.548. The van der Waals surface area contributed by atoms with Crippen LogP contribution in [0.3, 0.4) is 0 Å². The van der Waals surface area contributed by atoms with Gasteiger partial charge < -0.3 is 4.48 Å². The number of nitrogens with zero attached hydrogens (tertiary/aromatic N) is 2. The lowest BCUT2D eigenvalue weighted by atomic mass is 10.4. The largest absolute Gasteiger partial charge is 0.472 e. The van der Waals surface area contributed by atoms with Crippen molar-refractivity contribution in [3.8, 4) is 0 Å². The molecular weight excluding hydrogens is 146 g/mol. The van der Waals surface area contributed by atoms with E-state index in [2.05, 4.69) is 4.98 Å². The molecule has 0 saturated heterocycles. The molecule has 0 amide bonds. The molecule has 0 bridgehead atoms. The van der Waals surface area contributed by atoms with E-state index in [1.165, 1.54) is 0 Å². The van der Waals surface area contributed by atoms with Crippen LogP contribution < -0.4 is 0 Å². The summed E-state index contributed by atoms with van der Waals surface area (Å²) in [5.41, 5.74) is -0.516. The molecular formula is C3H3BCl2N2. The molecule has 0 atom stereocenters. The first kappa shape index (κ1) is 5.98. The van der Waals surface area contributed by atoms with Crippen LogP contribution >= 0.6 is 22.9 Å². The van der Waals surface area contributed by atoms with Crippen molar-refractivity contribution in [2.75, 3.05) is 0 Å². The SMILES string of the molecule is ClB(Cl)n1ccnc1. The second kappa shape index (κ2) is 2.42. The van der Waals surface area contributed by atoms with Crippen LogP contribution in [0.1, 0.15) is 0 Å². The molecule has 1 aromatic rings. The Hall–Kier alpha value is -0.145. The van der Waals surface area contributed by atoms with Gasteiger partial charge in [-0.1, -0.05) is 0 Å². The molecule has 0 aliphatic rings. The smallest absolute Gasteiger partial charge is 0.353 e. The number of aromatic nitrogens is 2. The average Bonchev–Trinajstić information content (AvgIpc) is 2.12. The summed E-state index contributed by atoms with van der Waals surface area (Å²) in [4.78, 5) is 3.74. The van der Waals surface area contributed by atoms with Crippen molar-refractivity contribution in [2.24, 2.45) is 0 Å². The van der Waals surface area contributed by atoms with E-state index in [0.29, 0.717) is 0 Å². The predicted octanol–water partition coefficient (Wildman–Crippen LogP) is 1.19. The molecule has 0 unspecified atom stereocenters. The van der Waals surface area contributed by atoms with Crippen molar-refractivity contribution in [3.63, 3.8) is 0 Å². The highest BCUT2D eigenvalue weighted by Crippen LogP contribution is 1.98. The summed E-state index contributed by atoms with van der Waals surface area (Å²) >= 11 is 10.9. The second-order valence-corrected chi connectivity index (χ2v) is 2.34. The molecule has 2 nitrogen and oxygen atoms in total. The summed E-state index contributed by atoms with van der Waals surface area (Å²) in [5.74, 6) is 0. The summed E-state index contributed by atoms with van der Waals surface area (Å²) in [6, 6.07) is 0. The molecule has 0 saturated carbocycles. The molecule has 0 radical (unpaired) electrons. The van der Waals surface area contributed by atoms with E-state index in [-0.39, 0.29) is 0 Å². The van der Waals surface area contributed by atoms with Gasteiger partial charge in [-0.2, -0.15) is 0 Å². The van der Waals surface area contributed by atoms with Gasteiger partial charge in [0.05, 0.1) is 6.33 Å². The fourth-order valence-electron chi connectivity index (χ4n) is 0.385. The molecule has 0 aliphatic heterocycles. The van der Waals surface area contributed by atoms with Gasteiger partial charge in [-0.05, 0) is 0 Å². The summed E-state index contributed by atoms with van der Waals surface area (Å²) in [7, 11) is 0. The summed E-state index contributed by atoms with van der Waals surface area (Å²) in [6.45, 7) is 0. The van der Waals surface area contributed by atoms with Crippen LogP contribution in [-0.4, -0.2) is 15.1 Å². The molecule has 0 aliphatic carbocycles. The molecule has 8 heavy (non-hydrogen) atoms. The molecule has 0 N–H and O–H groups in total. The molecule has 42 valence electrons.